The first-order valence-corrected chi connectivity index (χ1v) is 10.8. The standard InChI is InChI=1S/C22H21Cl2FN4O3/c1-29-11-15(26-20(30)12-31-16-7-8-17(24)18(25)10-16)6-9-19(29)22-28-27-21(32-22)13-2-4-14(23)5-3-13/h2-5,7-8,10,15,19H,6,9,11-12H2,1H3,(H,26,30)/t15-,19+/m1/s1. The fraction of sp³-hybridized carbons (Fsp3) is 0.318. The third kappa shape index (κ3) is 5.38. The molecule has 4 rings (SSSR count). The summed E-state index contributed by atoms with van der Waals surface area (Å²) in [6.07, 6.45) is 1.49. The Kier molecular flexibility index (Phi) is 6.93. The van der Waals surface area contributed by atoms with Gasteiger partial charge in [-0.25, -0.2) is 4.39 Å². The van der Waals surface area contributed by atoms with Crippen molar-refractivity contribution in [3.05, 3.63) is 64.2 Å². The topological polar surface area (TPSA) is 80.5 Å². The number of carbonyl (C=O) groups is 1. The number of likely N-dealkylation sites (N-methyl/N-ethyl adjacent to an activating group) is 1. The van der Waals surface area contributed by atoms with Gasteiger partial charge in [0.2, 0.25) is 11.8 Å². The summed E-state index contributed by atoms with van der Waals surface area (Å²) in [5, 5.41) is 12.0. The van der Waals surface area contributed by atoms with Gasteiger partial charge in [0.15, 0.2) is 6.61 Å². The van der Waals surface area contributed by atoms with Crippen LogP contribution in [0.25, 0.3) is 11.5 Å². The molecule has 2 atom stereocenters. The molecule has 1 amide bonds. The van der Waals surface area contributed by atoms with Gasteiger partial charge in [-0.15, -0.1) is 10.2 Å². The Morgan fingerprint density at radius 3 is 2.72 bits per heavy atom. The van der Waals surface area contributed by atoms with Crippen LogP contribution in [0, 0.1) is 5.82 Å². The zero-order valence-corrected chi connectivity index (χ0v) is 18.7. The van der Waals surface area contributed by atoms with Gasteiger partial charge in [0.05, 0.1) is 11.1 Å². The van der Waals surface area contributed by atoms with Crippen LogP contribution in [0.5, 0.6) is 5.75 Å². The lowest BCUT2D eigenvalue weighted by molar-refractivity contribution is -0.124. The van der Waals surface area contributed by atoms with Crippen molar-refractivity contribution < 1.29 is 18.3 Å². The van der Waals surface area contributed by atoms with Gasteiger partial charge in [0.25, 0.3) is 5.91 Å². The predicted molar refractivity (Wildman–Crippen MR) is 118 cm³/mol. The molecule has 0 spiro atoms. The molecule has 168 valence electrons. The fourth-order valence-electron chi connectivity index (χ4n) is 3.64. The normalized spacial score (nSPS) is 19.0. The smallest absolute Gasteiger partial charge is 0.258 e. The van der Waals surface area contributed by atoms with Crippen LogP contribution in [0.15, 0.2) is 46.9 Å². The van der Waals surface area contributed by atoms with Crippen molar-refractivity contribution in [1.82, 2.24) is 20.4 Å². The lowest BCUT2D eigenvalue weighted by atomic mass is 9.99. The molecule has 1 aliphatic rings. The molecule has 1 N–H and O–H groups in total. The van der Waals surface area contributed by atoms with Crippen LogP contribution in [-0.4, -0.2) is 47.2 Å². The van der Waals surface area contributed by atoms with Crippen molar-refractivity contribution in [2.24, 2.45) is 0 Å². The van der Waals surface area contributed by atoms with E-state index in [4.69, 9.17) is 32.4 Å². The number of nitrogens with zero attached hydrogens (tertiary/aromatic N) is 3. The van der Waals surface area contributed by atoms with E-state index in [1.54, 1.807) is 12.1 Å². The molecule has 0 bridgehead atoms. The highest BCUT2D eigenvalue weighted by Crippen LogP contribution is 2.31. The molecule has 7 nitrogen and oxygen atoms in total. The van der Waals surface area contributed by atoms with Crippen molar-refractivity contribution in [3.63, 3.8) is 0 Å². The number of likely N-dealkylation sites (tertiary alicyclic amines) is 1. The van der Waals surface area contributed by atoms with Crippen molar-refractivity contribution in [3.8, 4) is 17.2 Å². The Labute approximate surface area is 194 Å². The second kappa shape index (κ2) is 9.85. The number of benzene rings is 2. The quantitative estimate of drug-likeness (QED) is 0.561. The minimum atomic E-state index is -0.593. The van der Waals surface area contributed by atoms with Gasteiger partial charge in [0.1, 0.15) is 11.6 Å². The molecule has 0 aliphatic carbocycles. The van der Waals surface area contributed by atoms with Crippen molar-refractivity contribution in [2.45, 2.75) is 24.9 Å². The van der Waals surface area contributed by atoms with Crippen molar-refractivity contribution in [1.29, 1.82) is 0 Å². The molecule has 0 radical (unpaired) electrons. The Hall–Kier alpha value is -2.68. The molecule has 1 aromatic heterocycles. The Bertz CT molecular complexity index is 1090. The van der Waals surface area contributed by atoms with E-state index in [1.807, 2.05) is 19.2 Å². The molecule has 10 heteroatoms. The molecule has 0 unspecified atom stereocenters. The Balaban J connectivity index is 1.29. The van der Waals surface area contributed by atoms with Crippen LogP contribution in [-0.2, 0) is 4.79 Å². The molecule has 1 fully saturated rings. The minimum absolute atomic E-state index is 0.00290. The molecule has 32 heavy (non-hydrogen) atoms. The summed E-state index contributed by atoms with van der Waals surface area (Å²) in [6.45, 7) is 0.406. The van der Waals surface area contributed by atoms with E-state index in [0.29, 0.717) is 23.3 Å². The Morgan fingerprint density at radius 1 is 1.22 bits per heavy atom. The number of ether oxygens (including phenoxy) is 1. The number of amides is 1. The van der Waals surface area contributed by atoms with Gasteiger partial charge in [0, 0.05) is 29.2 Å². The highest BCUT2D eigenvalue weighted by Gasteiger charge is 2.31. The molecule has 1 aliphatic heterocycles. The van der Waals surface area contributed by atoms with Crippen molar-refractivity contribution in [2.75, 3.05) is 20.2 Å². The molecule has 3 aromatic rings. The average Bonchev–Trinajstić information content (AvgIpc) is 3.25. The fourth-order valence-corrected chi connectivity index (χ4v) is 3.88. The monoisotopic (exact) mass is 478 g/mol. The van der Waals surface area contributed by atoms with Crippen LogP contribution < -0.4 is 10.1 Å². The van der Waals surface area contributed by atoms with Gasteiger partial charge in [-0.3, -0.25) is 9.69 Å². The van der Waals surface area contributed by atoms with Gasteiger partial charge < -0.3 is 14.5 Å². The largest absolute Gasteiger partial charge is 0.484 e. The number of aromatic nitrogens is 2. The van der Waals surface area contributed by atoms with E-state index in [0.717, 1.165) is 24.5 Å². The molecule has 0 saturated carbocycles. The number of hydrogen-bond acceptors (Lipinski definition) is 6. The highest BCUT2D eigenvalue weighted by molar-refractivity contribution is 6.31. The molecular formula is C22H21Cl2FN4O3. The number of halogens is 3. The predicted octanol–water partition coefficient (Wildman–Crippen LogP) is 4.51. The number of carbonyl (C=O) groups excluding carboxylic acids is 1. The molecule has 1 saturated heterocycles. The number of nitrogens with one attached hydrogen (secondary N) is 1. The second-order valence-corrected chi connectivity index (χ2v) is 8.46. The molecular weight excluding hydrogens is 458 g/mol. The van der Waals surface area contributed by atoms with Crippen LogP contribution in [0.4, 0.5) is 4.39 Å². The van der Waals surface area contributed by atoms with Gasteiger partial charge in [-0.2, -0.15) is 0 Å². The van der Waals surface area contributed by atoms with E-state index < -0.39 is 5.82 Å². The second-order valence-electron chi connectivity index (χ2n) is 7.61. The maximum atomic E-state index is 13.5. The van der Waals surface area contributed by atoms with Crippen LogP contribution in [0.3, 0.4) is 0 Å². The van der Waals surface area contributed by atoms with Crippen molar-refractivity contribution >= 4 is 29.1 Å². The van der Waals surface area contributed by atoms with Crippen LogP contribution in [0.2, 0.25) is 10.0 Å². The minimum Gasteiger partial charge on any atom is -0.484 e. The van der Waals surface area contributed by atoms with E-state index in [9.17, 15) is 9.18 Å². The summed E-state index contributed by atoms with van der Waals surface area (Å²) in [7, 11) is 1.95. The van der Waals surface area contributed by atoms with Crippen LogP contribution in [0.1, 0.15) is 24.8 Å². The first kappa shape index (κ1) is 22.5. The molecule has 2 aromatic carbocycles. The first-order chi connectivity index (χ1) is 15.4. The first-order valence-electron chi connectivity index (χ1n) is 10.1. The third-order valence-electron chi connectivity index (χ3n) is 5.27. The van der Waals surface area contributed by atoms with E-state index in [-0.39, 0.29) is 35.4 Å². The third-order valence-corrected chi connectivity index (χ3v) is 5.83. The summed E-state index contributed by atoms with van der Waals surface area (Å²) in [5.41, 5.74) is 0.803. The summed E-state index contributed by atoms with van der Waals surface area (Å²) in [6, 6.07) is 11.2. The van der Waals surface area contributed by atoms with Crippen LogP contribution >= 0.6 is 23.2 Å². The number of piperidine rings is 1. The lowest BCUT2D eigenvalue weighted by Crippen LogP contribution is -2.48. The lowest BCUT2D eigenvalue weighted by Gasteiger charge is -2.35. The van der Waals surface area contributed by atoms with Gasteiger partial charge in [-0.05, 0) is 56.3 Å². The maximum Gasteiger partial charge on any atom is 0.258 e. The summed E-state index contributed by atoms with van der Waals surface area (Å²) in [5.74, 6) is 0.354. The summed E-state index contributed by atoms with van der Waals surface area (Å²) < 4.78 is 24.7. The van der Waals surface area contributed by atoms with Gasteiger partial charge >= 0.3 is 0 Å². The maximum absolute atomic E-state index is 13.5. The van der Waals surface area contributed by atoms with E-state index in [2.05, 4.69) is 20.4 Å². The number of hydrogen-bond donors (Lipinski definition) is 1. The van der Waals surface area contributed by atoms with E-state index >= 15 is 0 Å². The SMILES string of the molecule is CN1C[C@H](NC(=O)COc2ccc(Cl)c(F)c2)CC[C@H]1c1nnc(-c2ccc(Cl)cc2)o1. The average molecular weight is 479 g/mol. The van der Waals surface area contributed by atoms with E-state index in [1.165, 1.54) is 12.1 Å². The highest BCUT2D eigenvalue weighted by atomic mass is 35.5. The Morgan fingerprint density at radius 2 is 2.00 bits per heavy atom. The summed E-state index contributed by atoms with van der Waals surface area (Å²) in [4.78, 5) is 14.3. The molecule has 2 heterocycles. The number of rotatable bonds is 6. The zero-order valence-electron chi connectivity index (χ0n) is 17.2. The zero-order chi connectivity index (χ0) is 22.7. The summed E-state index contributed by atoms with van der Waals surface area (Å²) >= 11 is 11.6. The van der Waals surface area contributed by atoms with Gasteiger partial charge in [-0.1, -0.05) is 23.2 Å².